The first-order chi connectivity index (χ1) is 9.83. The van der Waals surface area contributed by atoms with Crippen LogP contribution in [-0.2, 0) is 10.0 Å². The van der Waals surface area contributed by atoms with Gasteiger partial charge < -0.3 is 5.73 Å². The van der Waals surface area contributed by atoms with Crippen LogP contribution in [0.5, 0.6) is 0 Å². The highest BCUT2D eigenvalue weighted by molar-refractivity contribution is 7.89. The highest BCUT2D eigenvalue weighted by Gasteiger charge is 2.22. The molecule has 1 aliphatic carbocycles. The standard InChI is InChI=1S/C16H24N2O2S/c1-11-10-15(17)13(3)16(12(11)2)21(19,20)18-9-8-14-6-4-5-7-14/h6,10,18H,4-5,7-9,17H2,1-3H3. The first kappa shape index (κ1) is 16.0. The van der Waals surface area contributed by atoms with Crippen molar-refractivity contribution >= 4 is 15.7 Å². The average molecular weight is 308 g/mol. The van der Waals surface area contributed by atoms with Crippen molar-refractivity contribution in [2.24, 2.45) is 0 Å². The highest BCUT2D eigenvalue weighted by Crippen LogP contribution is 2.28. The number of hydrogen-bond acceptors (Lipinski definition) is 3. The van der Waals surface area contributed by atoms with E-state index in [2.05, 4.69) is 10.8 Å². The number of allylic oxidation sites excluding steroid dienone is 1. The van der Waals surface area contributed by atoms with Gasteiger partial charge >= 0.3 is 0 Å². The second-order valence-corrected chi connectivity index (χ2v) is 7.47. The van der Waals surface area contributed by atoms with Crippen LogP contribution in [-0.4, -0.2) is 15.0 Å². The number of hydrogen-bond donors (Lipinski definition) is 2. The molecular formula is C16H24N2O2S. The van der Waals surface area contributed by atoms with Gasteiger partial charge in [0.2, 0.25) is 10.0 Å². The lowest BCUT2D eigenvalue weighted by Gasteiger charge is -2.16. The molecule has 0 aliphatic heterocycles. The molecule has 0 saturated heterocycles. The van der Waals surface area contributed by atoms with E-state index in [0.717, 1.165) is 30.4 Å². The number of rotatable bonds is 5. The monoisotopic (exact) mass is 308 g/mol. The van der Waals surface area contributed by atoms with Gasteiger partial charge in [0.05, 0.1) is 4.90 Å². The van der Waals surface area contributed by atoms with Crippen LogP contribution in [0.4, 0.5) is 5.69 Å². The molecular weight excluding hydrogens is 284 g/mol. The molecule has 4 nitrogen and oxygen atoms in total. The van der Waals surface area contributed by atoms with Crippen molar-refractivity contribution in [3.63, 3.8) is 0 Å². The third kappa shape index (κ3) is 3.47. The lowest BCUT2D eigenvalue weighted by atomic mass is 10.1. The zero-order valence-corrected chi connectivity index (χ0v) is 13.8. The lowest BCUT2D eigenvalue weighted by molar-refractivity contribution is 0.580. The minimum atomic E-state index is -3.52. The summed E-state index contributed by atoms with van der Waals surface area (Å²) in [6.07, 6.45) is 6.41. The number of benzene rings is 1. The Labute approximate surface area is 127 Å². The quantitative estimate of drug-likeness (QED) is 0.649. The topological polar surface area (TPSA) is 72.2 Å². The van der Waals surface area contributed by atoms with Gasteiger partial charge in [0.1, 0.15) is 0 Å². The molecule has 3 N–H and O–H groups in total. The number of nitrogens with one attached hydrogen (secondary N) is 1. The first-order valence-electron chi connectivity index (χ1n) is 7.37. The Bertz CT molecular complexity index is 650. The molecule has 0 aromatic heterocycles. The van der Waals surface area contributed by atoms with Gasteiger partial charge in [-0.25, -0.2) is 13.1 Å². The Balaban J connectivity index is 2.19. The molecule has 0 radical (unpaired) electrons. The maximum Gasteiger partial charge on any atom is 0.241 e. The van der Waals surface area contributed by atoms with Crippen LogP contribution in [0.25, 0.3) is 0 Å². The molecule has 1 aromatic carbocycles. The SMILES string of the molecule is Cc1cc(N)c(C)c(S(=O)(=O)NCCC2=CCCC2)c1C. The van der Waals surface area contributed by atoms with E-state index in [9.17, 15) is 8.42 Å². The molecule has 0 atom stereocenters. The van der Waals surface area contributed by atoms with Gasteiger partial charge in [-0.15, -0.1) is 0 Å². The van der Waals surface area contributed by atoms with Crippen molar-refractivity contribution in [3.05, 3.63) is 34.4 Å². The summed E-state index contributed by atoms with van der Waals surface area (Å²) in [5.74, 6) is 0. The third-order valence-corrected chi connectivity index (χ3v) is 5.95. The predicted molar refractivity (Wildman–Crippen MR) is 86.8 cm³/mol. The molecule has 0 amide bonds. The minimum absolute atomic E-state index is 0.334. The fourth-order valence-electron chi connectivity index (χ4n) is 2.83. The van der Waals surface area contributed by atoms with Crippen molar-refractivity contribution in [2.45, 2.75) is 51.3 Å². The zero-order chi connectivity index (χ0) is 15.6. The second-order valence-electron chi connectivity index (χ2n) is 5.76. The third-order valence-electron chi connectivity index (χ3n) is 4.22. The van der Waals surface area contributed by atoms with Crippen molar-refractivity contribution in [1.82, 2.24) is 4.72 Å². The van der Waals surface area contributed by atoms with E-state index in [1.54, 1.807) is 6.92 Å². The van der Waals surface area contributed by atoms with E-state index in [-0.39, 0.29) is 0 Å². The molecule has 0 bridgehead atoms. The van der Waals surface area contributed by atoms with E-state index in [1.165, 1.54) is 12.0 Å². The maximum atomic E-state index is 12.6. The molecule has 0 fully saturated rings. The average Bonchev–Trinajstić information content (AvgIpc) is 2.89. The summed E-state index contributed by atoms with van der Waals surface area (Å²) in [6, 6.07) is 1.83. The summed E-state index contributed by atoms with van der Waals surface area (Å²) in [6.45, 7) is 5.92. The van der Waals surface area contributed by atoms with Gasteiger partial charge in [0.25, 0.3) is 0 Å². The zero-order valence-electron chi connectivity index (χ0n) is 13.0. The van der Waals surface area contributed by atoms with Crippen molar-refractivity contribution in [3.8, 4) is 0 Å². The van der Waals surface area contributed by atoms with Crippen molar-refractivity contribution in [1.29, 1.82) is 0 Å². The van der Waals surface area contributed by atoms with Gasteiger partial charge in [0, 0.05) is 12.2 Å². The van der Waals surface area contributed by atoms with Crippen LogP contribution >= 0.6 is 0 Å². The van der Waals surface area contributed by atoms with Gasteiger partial charge in [0.15, 0.2) is 0 Å². The number of sulfonamides is 1. The van der Waals surface area contributed by atoms with Crippen LogP contribution in [0, 0.1) is 20.8 Å². The summed E-state index contributed by atoms with van der Waals surface area (Å²) in [5, 5.41) is 0. The Hall–Kier alpha value is -1.33. The van der Waals surface area contributed by atoms with Gasteiger partial charge in [-0.3, -0.25) is 0 Å². The van der Waals surface area contributed by atoms with E-state index >= 15 is 0 Å². The van der Waals surface area contributed by atoms with Gasteiger partial charge in [-0.1, -0.05) is 11.6 Å². The van der Waals surface area contributed by atoms with Crippen molar-refractivity contribution < 1.29 is 8.42 Å². The first-order valence-corrected chi connectivity index (χ1v) is 8.85. The Morgan fingerprint density at radius 3 is 2.57 bits per heavy atom. The Morgan fingerprint density at radius 1 is 1.24 bits per heavy atom. The van der Waals surface area contributed by atoms with E-state index in [1.807, 2.05) is 19.9 Å². The smallest absolute Gasteiger partial charge is 0.241 e. The van der Waals surface area contributed by atoms with Crippen molar-refractivity contribution in [2.75, 3.05) is 12.3 Å². The maximum absolute atomic E-state index is 12.6. The summed E-state index contributed by atoms with van der Waals surface area (Å²) in [4.78, 5) is 0.334. The molecule has 2 rings (SSSR count). The largest absolute Gasteiger partial charge is 0.398 e. The van der Waals surface area contributed by atoms with E-state index < -0.39 is 10.0 Å². The highest BCUT2D eigenvalue weighted by atomic mass is 32.2. The molecule has 116 valence electrons. The number of nitrogen functional groups attached to an aromatic ring is 1. The Morgan fingerprint density at radius 2 is 1.95 bits per heavy atom. The summed E-state index contributed by atoms with van der Waals surface area (Å²) in [7, 11) is -3.52. The lowest BCUT2D eigenvalue weighted by Crippen LogP contribution is -2.27. The molecule has 1 aromatic rings. The number of anilines is 1. The molecule has 0 heterocycles. The van der Waals surface area contributed by atoms with Crippen LogP contribution in [0.3, 0.4) is 0 Å². The van der Waals surface area contributed by atoms with Crippen LogP contribution < -0.4 is 10.5 Å². The van der Waals surface area contributed by atoms with E-state index in [0.29, 0.717) is 22.7 Å². The molecule has 0 unspecified atom stereocenters. The minimum Gasteiger partial charge on any atom is -0.398 e. The van der Waals surface area contributed by atoms with Gasteiger partial charge in [-0.2, -0.15) is 0 Å². The fourth-order valence-corrected chi connectivity index (χ4v) is 4.43. The summed E-state index contributed by atoms with van der Waals surface area (Å²) in [5.41, 5.74) is 10.1. The van der Waals surface area contributed by atoms with E-state index in [4.69, 9.17) is 5.73 Å². The molecule has 21 heavy (non-hydrogen) atoms. The number of nitrogens with two attached hydrogens (primary N) is 1. The summed E-state index contributed by atoms with van der Waals surface area (Å²) >= 11 is 0. The second kappa shape index (κ2) is 6.20. The summed E-state index contributed by atoms with van der Waals surface area (Å²) < 4.78 is 27.8. The normalized spacial score (nSPS) is 15.3. The molecule has 0 spiro atoms. The van der Waals surface area contributed by atoms with Crippen LogP contribution in [0.1, 0.15) is 42.4 Å². The number of aryl methyl sites for hydroxylation is 1. The molecule has 0 saturated carbocycles. The van der Waals surface area contributed by atoms with Crippen LogP contribution in [0.15, 0.2) is 22.6 Å². The van der Waals surface area contributed by atoms with Gasteiger partial charge in [-0.05, 0) is 69.2 Å². The molecule has 1 aliphatic rings. The predicted octanol–water partition coefficient (Wildman–Crippen LogP) is 2.97. The fraction of sp³-hybridized carbons (Fsp3) is 0.500. The van der Waals surface area contributed by atoms with Crippen LogP contribution in [0.2, 0.25) is 0 Å². The Kier molecular flexibility index (Phi) is 4.74. The molecule has 5 heteroatoms.